The SMILES string of the molecule is COc1ccc(C(NCC(=O)N2CCCN(Cc3ccccc3C)CC2)C2CC2)cc1. The van der Waals surface area contributed by atoms with Gasteiger partial charge in [-0.15, -0.1) is 0 Å². The zero-order chi connectivity index (χ0) is 21.6. The van der Waals surface area contributed by atoms with Crippen LogP contribution in [-0.2, 0) is 11.3 Å². The molecular weight excluding hydrogens is 386 g/mol. The molecule has 0 bridgehead atoms. The van der Waals surface area contributed by atoms with Gasteiger partial charge in [-0.05, 0) is 60.9 Å². The first kappa shape index (κ1) is 21.8. The molecule has 4 rings (SSSR count). The van der Waals surface area contributed by atoms with Crippen LogP contribution in [0.25, 0.3) is 0 Å². The van der Waals surface area contributed by atoms with Crippen molar-refractivity contribution in [1.29, 1.82) is 0 Å². The van der Waals surface area contributed by atoms with E-state index in [4.69, 9.17) is 4.74 Å². The lowest BCUT2D eigenvalue weighted by Crippen LogP contribution is -2.41. The molecule has 0 spiro atoms. The highest BCUT2D eigenvalue weighted by Crippen LogP contribution is 2.41. The Morgan fingerprint density at radius 1 is 1.06 bits per heavy atom. The maximum atomic E-state index is 13.0. The molecule has 0 radical (unpaired) electrons. The first-order valence-corrected chi connectivity index (χ1v) is 11.6. The van der Waals surface area contributed by atoms with E-state index in [1.54, 1.807) is 7.11 Å². The number of nitrogens with one attached hydrogen (secondary N) is 1. The molecule has 5 nitrogen and oxygen atoms in total. The van der Waals surface area contributed by atoms with Gasteiger partial charge in [0.1, 0.15) is 5.75 Å². The summed E-state index contributed by atoms with van der Waals surface area (Å²) in [6, 6.07) is 17.1. The van der Waals surface area contributed by atoms with Crippen LogP contribution in [0.15, 0.2) is 48.5 Å². The van der Waals surface area contributed by atoms with Gasteiger partial charge >= 0.3 is 0 Å². The van der Waals surface area contributed by atoms with Crippen molar-refractivity contribution in [1.82, 2.24) is 15.1 Å². The average molecular weight is 422 g/mol. The summed E-state index contributed by atoms with van der Waals surface area (Å²) >= 11 is 0. The Morgan fingerprint density at radius 3 is 2.55 bits per heavy atom. The van der Waals surface area contributed by atoms with Crippen molar-refractivity contribution >= 4 is 5.91 Å². The molecule has 1 unspecified atom stereocenters. The maximum absolute atomic E-state index is 13.0. The monoisotopic (exact) mass is 421 g/mol. The summed E-state index contributed by atoms with van der Waals surface area (Å²) in [5.74, 6) is 1.72. The molecule has 0 aromatic heterocycles. The highest BCUT2D eigenvalue weighted by Gasteiger charge is 2.32. The summed E-state index contributed by atoms with van der Waals surface area (Å²) in [6.07, 6.45) is 3.49. The van der Waals surface area contributed by atoms with E-state index in [-0.39, 0.29) is 11.9 Å². The third-order valence-electron chi connectivity index (χ3n) is 6.64. The molecule has 1 aliphatic carbocycles. The molecule has 166 valence electrons. The first-order chi connectivity index (χ1) is 15.1. The lowest BCUT2D eigenvalue weighted by molar-refractivity contribution is -0.130. The zero-order valence-electron chi connectivity index (χ0n) is 18.8. The maximum Gasteiger partial charge on any atom is 0.236 e. The summed E-state index contributed by atoms with van der Waals surface area (Å²) in [4.78, 5) is 17.5. The quantitative estimate of drug-likeness (QED) is 0.705. The number of hydrogen-bond acceptors (Lipinski definition) is 4. The van der Waals surface area contributed by atoms with E-state index >= 15 is 0 Å². The number of rotatable bonds is 8. The fourth-order valence-corrected chi connectivity index (χ4v) is 4.51. The first-order valence-electron chi connectivity index (χ1n) is 11.6. The van der Waals surface area contributed by atoms with Crippen molar-refractivity contribution in [3.05, 3.63) is 65.2 Å². The number of methoxy groups -OCH3 is 1. The third-order valence-corrected chi connectivity index (χ3v) is 6.64. The Morgan fingerprint density at radius 2 is 1.84 bits per heavy atom. The van der Waals surface area contributed by atoms with E-state index in [9.17, 15) is 4.79 Å². The Labute approximate surface area is 186 Å². The second-order valence-electron chi connectivity index (χ2n) is 8.91. The van der Waals surface area contributed by atoms with Gasteiger partial charge in [0.25, 0.3) is 0 Å². The minimum absolute atomic E-state index is 0.219. The van der Waals surface area contributed by atoms with Crippen molar-refractivity contribution in [3.8, 4) is 5.75 Å². The number of benzene rings is 2. The van der Waals surface area contributed by atoms with Crippen LogP contribution in [0.3, 0.4) is 0 Å². The van der Waals surface area contributed by atoms with Crippen LogP contribution in [0, 0.1) is 12.8 Å². The number of amides is 1. The van der Waals surface area contributed by atoms with E-state index < -0.39 is 0 Å². The van der Waals surface area contributed by atoms with E-state index in [1.165, 1.54) is 29.5 Å². The molecule has 1 saturated heterocycles. The predicted molar refractivity (Wildman–Crippen MR) is 124 cm³/mol. The number of nitrogens with zero attached hydrogens (tertiary/aromatic N) is 2. The van der Waals surface area contributed by atoms with Gasteiger partial charge < -0.3 is 15.0 Å². The molecule has 31 heavy (non-hydrogen) atoms. The van der Waals surface area contributed by atoms with Crippen molar-refractivity contribution in [2.75, 3.05) is 39.8 Å². The molecule has 1 N–H and O–H groups in total. The zero-order valence-corrected chi connectivity index (χ0v) is 18.8. The second kappa shape index (κ2) is 10.3. The molecule has 2 aromatic rings. The molecule has 1 amide bonds. The molecule has 1 heterocycles. The van der Waals surface area contributed by atoms with Crippen molar-refractivity contribution < 1.29 is 9.53 Å². The van der Waals surface area contributed by atoms with Crippen LogP contribution in [0.4, 0.5) is 0 Å². The Balaban J connectivity index is 1.29. The number of hydrogen-bond donors (Lipinski definition) is 1. The lowest BCUT2D eigenvalue weighted by atomic mass is 10.0. The second-order valence-corrected chi connectivity index (χ2v) is 8.91. The van der Waals surface area contributed by atoms with Gasteiger partial charge in [0.15, 0.2) is 0 Å². The van der Waals surface area contributed by atoms with Crippen LogP contribution in [-0.4, -0.2) is 55.5 Å². The summed E-state index contributed by atoms with van der Waals surface area (Å²) in [6.45, 7) is 7.18. The lowest BCUT2D eigenvalue weighted by Gasteiger charge is -2.24. The van der Waals surface area contributed by atoms with Gasteiger partial charge in [-0.1, -0.05) is 36.4 Å². The minimum atomic E-state index is 0.219. The molecule has 1 aliphatic heterocycles. The van der Waals surface area contributed by atoms with Gasteiger partial charge in [-0.3, -0.25) is 9.69 Å². The Kier molecular flexibility index (Phi) is 7.25. The van der Waals surface area contributed by atoms with Crippen molar-refractivity contribution in [2.45, 2.75) is 38.8 Å². The summed E-state index contributed by atoms with van der Waals surface area (Å²) < 4.78 is 5.28. The van der Waals surface area contributed by atoms with E-state index in [0.717, 1.165) is 44.9 Å². The predicted octanol–water partition coefficient (Wildman–Crippen LogP) is 3.78. The summed E-state index contributed by atoms with van der Waals surface area (Å²) in [5.41, 5.74) is 3.97. The van der Waals surface area contributed by atoms with Crippen LogP contribution in [0.5, 0.6) is 5.75 Å². The summed E-state index contributed by atoms with van der Waals surface area (Å²) in [5, 5.41) is 3.57. The molecule has 2 aliphatic rings. The van der Waals surface area contributed by atoms with Crippen LogP contribution in [0.2, 0.25) is 0 Å². The van der Waals surface area contributed by atoms with Crippen molar-refractivity contribution in [3.63, 3.8) is 0 Å². The fraction of sp³-hybridized carbons (Fsp3) is 0.500. The molecular formula is C26H35N3O2. The third kappa shape index (κ3) is 5.86. The molecule has 5 heteroatoms. The standard InChI is InChI=1S/C26H35N3O2/c1-20-6-3-4-7-23(20)19-28-14-5-15-29(17-16-28)25(30)18-27-26(21-8-9-21)22-10-12-24(31-2)13-11-22/h3-4,6-7,10-13,21,26-27H,5,8-9,14-19H2,1-2H3. The van der Waals surface area contributed by atoms with Crippen molar-refractivity contribution in [2.24, 2.45) is 5.92 Å². The van der Waals surface area contributed by atoms with Gasteiger partial charge in [-0.25, -0.2) is 0 Å². The molecule has 2 aromatic carbocycles. The van der Waals surface area contributed by atoms with E-state index in [1.807, 2.05) is 17.0 Å². The Bertz CT molecular complexity index is 863. The smallest absolute Gasteiger partial charge is 0.236 e. The highest BCUT2D eigenvalue weighted by molar-refractivity contribution is 5.78. The highest BCUT2D eigenvalue weighted by atomic mass is 16.5. The van der Waals surface area contributed by atoms with Gasteiger partial charge in [0.2, 0.25) is 5.91 Å². The summed E-state index contributed by atoms with van der Waals surface area (Å²) in [7, 11) is 1.69. The van der Waals surface area contributed by atoms with E-state index in [2.05, 4.69) is 53.5 Å². The van der Waals surface area contributed by atoms with E-state index in [0.29, 0.717) is 12.5 Å². The van der Waals surface area contributed by atoms with Gasteiger partial charge in [0.05, 0.1) is 13.7 Å². The molecule has 1 saturated carbocycles. The van der Waals surface area contributed by atoms with Crippen LogP contribution < -0.4 is 10.1 Å². The topological polar surface area (TPSA) is 44.8 Å². The molecule has 2 fully saturated rings. The number of carbonyl (C=O) groups excluding carboxylic acids is 1. The van der Waals surface area contributed by atoms with Gasteiger partial charge in [-0.2, -0.15) is 0 Å². The Hall–Kier alpha value is -2.37. The fourth-order valence-electron chi connectivity index (χ4n) is 4.51. The van der Waals surface area contributed by atoms with Crippen LogP contribution in [0.1, 0.15) is 42.0 Å². The number of ether oxygens (including phenoxy) is 1. The van der Waals surface area contributed by atoms with Crippen LogP contribution >= 0.6 is 0 Å². The largest absolute Gasteiger partial charge is 0.497 e. The minimum Gasteiger partial charge on any atom is -0.497 e. The molecule has 1 atom stereocenters. The normalized spacial score (nSPS) is 18.5. The number of carbonyl (C=O) groups is 1. The number of aryl methyl sites for hydroxylation is 1. The average Bonchev–Trinajstić information content (AvgIpc) is 3.64. The van der Waals surface area contributed by atoms with Gasteiger partial charge in [0, 0.05) is 38.8 Å².